The van der Waals surface area contributed by atoms with Gasteiger partial charge in [0.05, 0.1) is 0 Å². The Hall–Kier alpha value is -3.35. The van der Waals surface area contributed by atoms with E-state index in [1.54, 1.807) is 7.05 Å². The van der Waals surface area contributed by atoms with Gasteiger partial charge in [-0.25, -0.2) is 9.78 Å². The molecular weight excluding hydrogens is 524 g/mol. The molecule has 35 heavy (non-hydrogen) atoms. The number of nitrogens with two attached hydrogens (primary N) is 1. The number of fused-ring (bicyclic) bond motifs is 1. The minimum atomic E-state index is -1.31. The maximum absolute atomic E-state index is 12.8. The highest BCUT2D eigenvalue weighted by atomic mass is 32.2. The van der Waals surface area contributed by atoms with Crippen molar-refractivity contribution in [1.29, 1.82) is 0 Å². The molecule has 2 fully saturated rings. The molecule has 0 spiro atoms. The number of hydrazine groups is 1. The second-order valence-electron chi connectivity index (χ2n) is 7.33. The SMILES string of the molecule is CN1NC(=O)C(=O)NC1SCC1=C(C(=O)O)N2C(=O)[C@H](NC(=O)/C(=N/O)c3csc(N)n3)[C@@H]2SC1. The summed E-state index contributed by atoms with van der Waals surface area (Å²) >= 11 is 3.45. The first-order valence-electron chi connectivity index (χ1n) is 9.72. The van der Waals surface area contributed by atoms with Crippen LogP contribution in [0.5, 0.6) is 0 Å². The van der Waals surface area contributed by atoms with Crippen molar-refractivity contribution in [2.24, 2.45) is 5.16 Å². The minimum Gasteiger partial charge on any atom is -0.477 e. The predicted octanol–water partition coefficient (Wildman–Crippen LogP) is -2.25. The van der Waals surface area contributed by atoms with E-state index in [1.807, 2.05) is 0 Å². The van der Waals surface area contributed by atoms with Crippen molar-refractivity contribution in [3.63, 3.8) is 0 Å². The number of aromatic nitrogens is 1. The molecule has 1 unspecified atom stereocenters. The Morgan fingerprint density at radius 1 is 1.37 bits per heavy atom. The molecule has 1 aromatic rings. The predicted molar refractivity (Wildman–Crippen MR) is 125 cm³/mol. The van der Waals surface area contributed by atoms with Crippen molar-refractivity contribution in [3.8, 4) is 0 Å². The number of anilines is 1. The van der Waals surface area contributed by atoms with Crippen LogP contribution in [0.3, 0.4) is 0 Å². The Balaban J connectivity index is 1.45. The zero-order valence-electron chi connectivity index (χ0n) is 17.8. The molecule has 186 valence electrons. The van der Waals surface area contributed by atoms with Crippen LogP contribution in [-0.4, -0.2) is 96.0 Å². The van der Waals surface area contributed by atoms with Crippen LogP contribution in [0.2, 0.25) is 0 Å². The normalized spacial score (nSPS) is 24.9. The zero-order valence-corrected chi connectivity index (χ0v) is 20.2. The van der Waals surface area contributed by atoms with Crippen LogP contribution < -0.4 is 21.8 Å². The zero-order chi connectivity index (χ0) is 25.4. The number of nitrogen functional groups attached to an aromatic ring is 1. The Kier molecular flexibility index (Phi) is 6.88. The first kappa shape index (κ1) is 24.8. The molecule has 2 saturated heterocycles. The first-order valence-corrected chi connectivity index (χ1v) is 12.7. The summed E-state index contributed by atoms with van der Waals surface area (Å²) in [6, 6.07) is -1.04. The molecule has 15 nitrogen and oxygen atoms in total. The maximum Gasteiger partial charge on any atom is 0.352 e. The van der Waals surface area contributed by atoms with Gasteiger partial charge in [-0.1, -0.05) is 5.16 Å². The van der Waals surface area contributed by atoms with Gasteiger partial charge in [0.1, 0.15) is 28.3 Å². The van der Waals surface area contributed by atoms with Gasteiger partial charge in [0.2, 0.25) is 0 Å². The third-order valence-corrected chi connectivity index (χ3v) is 8.40. The minimum absolute atomic E-state index is 0.0359. The molecular formula is C17H18N8O7S3. The average molecular weight is 543 g/mol. The number of hydrogen-bond donors (Lipinski definition) is 6. The second kappa shape index (κ2) is 9.72. The van der Waals surface area contributed by atoms with Crippen molar-refractivity contribution in [2.75, 3.05) is 24.3 Å². The molecule has 3 aliphatic rings. The van der Waals surface area contributed by atoms with Gasteiger partial charge in [0, 0.05) is 23.9 Å². The number of carbonyl (C=O) groups is 5. The number of β-lactam (4-membered cyclic amide) rings is 1. The summed E-state index contributed by atoms with van der Waals surface area (Å²) in [5.41, 5.74) is 7.12. The highest BCUT2D eigenvalue weighted by Gasteiger charge is 2.54. The van der Waals surface area contributed by atoms with Crippen molar-refractivity contribution in [3.05, 3.63) is 22.3 Å². The standard InChI is InChI=1S/C17H18N8O7S3/c1-24-17(21-11(27)12(28)22-24)35-3-5-2-33-14-8(13(29)25(14)9(5)15(30)31)20-10(26)7(23-32)6-4-34-16(18)19-6/h4,8,14,17,32H,2-3H2,1H3,(H2,18,19)(H,20,26)(H,21,27)(H,22,28)(H,30,31)/b23-7+/t8-,14-,17?/m0/s1. The monoisotopic (exact) mass is 542 g/mol. The molecule has 3 aliphatic heterocycles. The van der Waals surface area contributed by atoms with E-state index >= 15 is 0 Å². The number of hydrogen-bond acceptors (Lipinski definition) is 13. The summed E-state index contributed by atoms with van der Waals surface area (Å²) in [5, 5.41) is 29.2. The molecule has 18 heteroatoms. The van der Waals surface area contributed by atoms with Crippen molar-refractivity contribution in [1.82, 2.24) is 31.0 Å². The smallest absolute Gasteiger partial charge is 0.352 e. The molecule has 0 saturated carbocycles. The number of amides is 4. The van der Waals surface area contributed by atoms with Gasteiger partial charge >= 0.3 is 17.8 Å². The lowest BCUT2D eigenvalue weighted by atomic mass is 10.0. The highest BCUT2D eigenvalue weighted by molar-refractivity contribution is 8.01. The number of nitrogens with zero attached hydrogens (tertiary/aromatic N) is 4. The van der Waals surface area contributed by atoms with E-state index in [4.69, 9.17) is 5.73 Å². The average Bonchev–Trinajstić information content (AvgIpc) is 3.24. The third-order valence-electron chi connectivity index (χ3n) is 5.12. The molecule has 4 heterocycles. The van der Waals surface area contributed by atoms with E-state index in [9.17, 15) is 34.3 Å². The topological polar surface area (TPSA) is 220 Å². The molecule has 4 rings (SSSR count). The van der Waals surface area contributed by atoms with Crippen molar-refractivity contribution in [2.45, 2.75) is 16.9 Å². The second-order valence-corrected chi connectivity index (χ2v) is 10.4. The lowest BCUT2D eigenvalue weighted by molar-refractivity contribution is -0.150. The molecule has 4 amide bonds. The van der Waals surface area contributed by atoms with Gasteiger partial charge in [-0.3, -0.25) is 29.5 Å². The van der Waals surface area contributed by atoms with Crippen LogP contribution in [0.15, 0.2) is 21.8 Å². The number of nitrogens with one attached hydrogen (secondary N) is 3. The van der Waals surface area contributed by atoms with Gasteiger partial charge in [-0.05, 0) is 5.57 Å². The molecule has 7 N–H and O–H groups in total. The molecule has 0 aliphatic carbocycles. The molecule has 0 aromatic carbocycles. The van der Waals surface area contributed by atoms with Crippen LogP contribution in [0.1, 0.15) is 5.69 Å². The van der Waals surface area contributed by atoms with Crippen molar-refractivity contribution >= 4 is 75.3 Å². The largest absolute Gasteiger partial charge is 0.477 e. The van der Waals surface area contributed by atoms with Gasteiger partial charge in [-0.15, -0.1) is 34.9 Å². The van der Waals surface area contributed by atoms with E-state index in [1.165, 1.54) is 22.2 Å². The van der Waals surface area contributed by atoms with E-state index in [0.717, 1.165) is 28.0 Å². The van der Waals surface area contributed by atoms with Crippen LogP contribution >= 0.6 is 34.9 Å². The third kappa shape index (κ3) is 4.64. The molecule has 0 radical (unpaired) electrons. The van der Waals surface area contributed by atoms with Gasteiger partial charge < -0.3 is 26.7 Å². The molecule has 0 bridgehead atoms. The summed E-state index contributed by atoms with van der Waals surface area (Å²) in [7, 11) is 1.54. The quantitative estimate of drug-likeness (QED) is 0.0707. The molecule has 1 aromatic heterocycles. The lowest BCUT2D eigenvalue weighted by Gasteiger charge is -2.49. The van der Waals surface area contributed by atoms with E-state index in [2.05, 4.69) is 26.2 Å². The van der Waals surface area contributed by atoms with E-state index in [-0.39, 0.29) is 28.0 Å². The fourth-order valence-corrected chi connectivity index (χ4v) is 6.58. The maximum atomic E-state index is 12.8. The van der Waals surface area contributed by atoms with E-state index in [0.29, 0.717) is 5.57 Å². The number of carboxylic acids is 1. The Morgan fingerprint density at radius 2 is 2.11 bits per heavy atom. The first-order chi connectivity index (χ1) is 16.6. The Morgan fingerprint density at radius 3 is 2.74 bits per heavy atom. The fourth-order valence-electron chi connectivity index (χ4n) is 3.49. The Labute approximate surface area is 209 Å². The number of thioether (sulfide) groups is 2. The van der Waals surface area contributed by atoms with Gasteiger partial charge in [0.25, 0.3) is 11.8 Å². The number of carboxylic acid groups (broad SMARTS) is 1. The summed E-state index contributed by atoms with van der Waals surface area (Å²) in [4.78, 5) is 65.4. The van der Waals surface area contributed by atoms with Crippen LogP contribution in [0, 0.1) is 0 Å². The van der Waals surface area contributed by atoms with E-state index < -0.39 is 52.2 Å². The Bertz CT molecular complexity index is 1180. The number of oxime groups is 1. The summed E-state index contributed by atoms with van der Waals surface area (Å²) in [5.74, 6) is -4.03. The summed E-state index contributed by atoms with van der Waals surface area (Å²) in [6.45, 7) is 0. The van der Waals surface area contributed by atoms with Crippen LogP contribution in [0.4, 0.5) is 5.13 Å². The number of rotatable bonds is 7. The molecule has 3 atom stereocenters. The van der Waals surface area contributed by atoms with Crippen molar-refractivity contribution < 1.29 is 34.3 Å². The summed E-state index contributed by atoms with van der Waals surface area (Å²) < 4.78 is 0. The lowest BCUT2D eigenvalue weighted by Crippen LogP contribution is -2.71. The number of thiazole rings is 1. The fraction of sp³-hybridized carbons (Fsp3) is 0.353. The van der Waals surface area contributed by atoms with Gasteiger partial charge in [-0.2, -0.15) is 5.01 Å². The van der Waals surface area contributed by atoms with Crippen LogP contribution in [-0.2, 0) is 24.0 Å². The number of carbonyl (C=O) groups excluding carboxylic acids is 4. The van der Waals surface area contributed by atoms with Crippen LogP contribution in [0.25, 0.3) is 0 Å². The highest BCUT2D eigenvalue weighted by Crippen LogP contribution is 2.41. The number of aliphatic carboxylic acids is 1. The summed E-state index contributed by atoms with van der Waals surface area (Å²) in [6.07, 6.45) is 0. The van der Waals surface area contributed by atoms with Gasteiger partial charge in [0.15, 0.2) is 10.8 Å².